The average Bonchev–Trinajstić information content (AvgIpc) is 3.08. The maximum atomic E-state index is 13.0. The molecule has 1 N–H and O–H groups in total. The Hall–Kier alpha value is -2.32. The molecule has 0 saturated carbocycles. The predicted octanol–water partition coefficient (Wildman–Crippen LogP) is 3.01. The summed E-state index contributed by atoms with van der Waals surface area (Å²) < 4.78 is 10.5. The van der Waals surface area contributed by atoms with Gasteiger partial charge in [0.1, 0.15) is 9.88 Å². The minimum absolute atomic E-state index is 0.00428. The molecule has 1 aromatic carbocycles. The summed E-state index contributed by atoms with van der Waals surface area (Å²) in [5, 5.41) is 11.2. The fourth-order valence-electron chi connectivity index (χ4n) is 3.38. The van der Waals surface area contributed by atoms with Crippen LogP contribution in [0.15, 0.2) is 12.1 Å². The fourth-order valence-corrected chi connectivity index (χ4v) is 4.44. The third-order valence-electron chi connectivity index (χ3n) is 5.07. The lowest BCUT2D eigenvalue weighted by molar-refractivity contribution is 0.0599. The molecule has 152 valence electrons. The maximum Gasteiger partial charge on any atom is 0.265 e. The fraction of sp³-hybridized carbons (Fsp3) is 0.500. The van der Waals surface area contributed by atoms with Crippen molar-refractivity contribution in [3.05, 3.63) is 22.7 Å². The number of aromatic nitrogens is 1. The molecule has 7 nitrogen and oxygen atoms in total. The van der Waals surface area contributed by atoms with Crippen LogP contribution in [-0.2, 0) is 0 Å². The summed E-state index contributed by atoms with van der Waals surface area (Å²) in [6.07, 6.45) is 0. The number of carbonyl (C=O) groups excluding carboxylic acids is 1. The van der Waals surface area contributed by atoms with Gasteiger partial charge in [0.2, 0.25) is 5.75 Å². The molecule has 0 aliphatic carbocycles. The van der Waals surface area contributed by atoms with Crippen LogP contribution in [0.4, 0.5) is 0 Å². The second-order valence-corrected chi connectivity index (χ2v) is 8.05. The van der Waals surface area contributed by atoms with Gasteiger partial charge in [0.05, 0.1) is 25.5 Å². The highest BCUT2D eigenvalue weighted by atomic mass is 32.1. The first kappa shape index (κ1) is 20.4. The number of ether oxygens (including phenoxy) is 2. The highest BCUT2D eigenvalue weighted by molar-refractivity contribution is 7.17. The zero-order valence-corrected chi connectivity index (χ0v) is 17.8. The number of aromatic hydroxyl groups is 1. The van der Waals surface area contributed by atoms with E-state index in [1.807, 2.05) is 11.8 Å². The molecule has 2 aromatic rings. The van der Waals surface area contributed by atoms with Crippen LogP contribution in [0.3, 0.4) is 0 Å². The van der Waals surface area contributed by atoms with Crippen LogP contribution in [0.2, 0.25) is 0 Å². The first-order chi connectivity index (χ1) is 13.4. The van der Waals surface area contributed by atoms with E-state index in [0.717, 1.165) is 13.1 Å². The Labute approximate surface area is 169 Å². The van der Waals surface area contributed by atoms with Crippen LogP contribution in [0.25, 0.3) is 10.6 Å². The molecule has 3 rings (SSSR count). The molecule has 1 aliphatic heterocycles. The number of thiazole rings is 1. The van der Waals surface area contributed by atoms with Crippen molar-refractivity contribution in [2.45, 2.75) is 26.8 Å². The van der Waals surface area contributed by atoms with Gasteiger partial charge in [0, 0.05) is 32.2 Å². The van der Waals surface area contributed by atoms with Crippen molar-refractivity contribution < 1.29 is 19.4 Å². The lowest BCUT2D eigenvalue weighted by Gasteiger charge is -2.36. The second-order valence-electron chi connectivity index (χ2n) is 7.05. The quantitative estimate of drug-likeness (QED) is 0.824. The van der Waals surface area contributed by atoms with Crippen molar-refractivity contribution >= 4 is 17.2 Å². The smallest absolute Gasteiger partial charge is 0.265 e. The molecular weight excluding hydrogens is 378 g/mol. The second kappa shape index (κ2) is 8.36. The molecule has 28 heavy (non-hydrogen) atoms. The van der Waals surface area contributed by atoms with Gasteiger partial charge < -0.3 is 19.5 Å². The number of piperazine rings is 1. The van der Waals surface area contributed by atoms with Crippen LogP contribution in [0.5, 0.6) is 17.2 Å². The predicted molar refractivity (Wildman–Crippen MR) is 110 cm³/mol. The molecule has 0 bridgehead atoms. The molecule has 0 spiro atoms. The largest absolute Gasteiger partial charge is 0.504 e. The number of phenols is 1. The Morgan fingerprint density at radius 2 is 1.86 bits per heavy atom. The first-order valence-corrected chi connectivity index (χ1v) is 10.1. The van der Waals surface area contributed by atoms with Crippen molar-refractivity contribution in [2.24, 2.45) is 0 Å². The van der Waals surface area contributed by atoms with Crippen molar-refractivity contribution in [3.63, 3.8) is 0 Å². The number of aryl methyl sites for hydroxylation is 1. The van der Waals surface area contributed by atoms with E-state index in [0.29, 0.717) is 46.0 Å². The highest BCUT2D eigenvalue weighted by Gasteiger charge is 2.27. The van der Waals surface area contributed by atoms with Gasteiger partial charge in [-0.2, -0.15) is 0 Å². The standard InChI is InChI=1S/C20H27N3O4S/c1-12(2)22-8-10-23(11-9-22)20(25)18-13(3)21-19(28-18)14-6-7-15(26-4)17(27-5)16(14)24/h6-7,12,24H,8-11H2,1-5H3. The average molecular weight is 406 g/mol. The van der Waals surface area contributed by atoms with Crippen LogP contribution >= 0.6 is 11.3 Å². The van der Waals surface area contributed by atoms with E-state index in [9.17, 15) is 9.90 Å². The Morgan fingerprint density at radius 1 is 1.18 bits per heavy atom. The summed E-state index contributed by atoms with van der Waals surface area (Å²) in [6.45, 7) is 9.36. The molecule has 1 fully saturated rings. The third kappa shape index (κ3) is 3.79. The van der Waals surface area contributed by atoms with Gasteiger partial charge in [0.25, 0.3) is 5.91 Å². The topological polar surface area (TPSA) is 75.1 Å². The zero-order chi connectivity index (χ0) is 20.4. The van der Waals surface area contributed by atoms with Crippen molar-refractivity contribution in [1.29, 1.82) is 0 Å². The SMILES string of the molecule is COc1ccc(-c2nc(C)c(C(=O)N3CCN(C(C)C)CC3)s2)c(O)c1OC. The van der Waals surface area contributed by atoms with Gasteiger partial charge in [-0.15, -0.1) is 11.3 Å². The van der Waals surface area contributed by atoms with E-state index < -0.39 is 0 Å². The third-order valence-corrected chi connectivity index (χ3v) is 6.25. The molecule has 0 unspecified atom stereocenters. The number of hydrogen-bond acceptors (Lipinski definition) is 7. The van der Waals surface area contributed by atoms with Crippen LogP contribution in [0, 0.1) is 6.92 Å². The van der Waals surface area contributed by atoms with E-state index >= 15 is 0 Å². The van der Waals surface area contributed by atoms with Crippen LogP contribution in [0.1, 0.15) is 29.2 Å². The van der Waals surface area contributed by atoms with Crippen LogP contribution < -0.4 is 9.47 Å². The monoisotopic (exact) mass is 405 g/mol. The van der Waals surface area contributed by atoms with Gasteiger partial charge >= 0.3 is 0 Å². The number of methoxy groups -OCH3 is 2. The molecule has 8 heteroatoms. The van der Waals surface area contributed by atoms with Gasteiger partial charge in [-0.1, -0.05) is 0 Å². The number of rotatable bonds is 5. The number of nitrogens with zero attached hydrogens (tertiary/aromatic N) is 3. The highest BCUT2D eigenvalue weighted by Crippen LogP contribution is 2.44. The molecule has 0 radical (unpaired) electrons. The lowest BCUT2D eigenvalue weighted by Crippen LogP contribution is -2.50. The lowest BCUT2D eigenvalue weighted by atomic mass is 10.2. The molecule has 1 aliphatic rings. The minimum Gasteiger partial charge on any atom is -0.504 e. The van der Waals surface area contributed by atoms with Crippen molar-refractivity contribution in [1.82, 2.24) is 14.8 Å². The summed E-state index contributed by atoms with van der Waals surface area (Å²) >= 11 is 1.30. The summed E-state index contributed by atoms with van der Waals surface area (Å²) in [5.74, 6) is 0.659. The minimum atomic E-state index is -0.0415. The molecule has 1 amide bonds. The number of hydrogen-bond donors (Lipinski definition) is 1. The Bertz CT molecular complexity index is 857. The Morgan fingerprint density at radius 3 is 2.43 bits per heavy atom. The molecule has 1 saturated heterocycles. The molecule has 1 aromatic heterocycles. The van der Waals surface area contributed by atoms with Gasteiger partial charge in [0.15, 0.2) is 11.5 Å². The zero-order valence-electron chi connectivity index (χ0n) is 17.0. The van der Waals surface area contributed by atoms with E-state index in [1.165, 1.54) is 25.6 Å². The van der Waals surface area contributed by atoms with Gasteiger partial charge in [-0.3, -0.25) is 9.69 Å². The van der Waals surface area contributed by atoms with E-state index in [2.05, 4.69) is 23.7 Å². The number of benzene rings is 1. The summed E-state index contributed by atoms with van der Waals surface area (Å²) in [4.78, 5) is 22.4. The number of amides is 1. The van der Waals surface area contributed by atoms with E-state index in [-0.39, 0.29) is 17.4 Å². The maximum absolute atomic E-state index is 13.0. The molecular formula is C20H27N3O4S. The summed E-state index contributed by atoms with van der Waals surface area (Å²) in [6, 6.07) is 3.93. The Balaban J connectivity index is 1.85. The number of phenolic OH excluding ortho intramolecular Hbond substituents is 1. The van der Waals surface area contributed by atoms with Gasteiger partial charge in [-0.05, 0) is 32.9 Å². The summed E-state index contributed by atoms with van der Waals surface area (Å²) in [5.41, 5.74) is 1.19. The normalized spacial score (nSPS) is 15.1. The first-order valence-electron chi connectivity index (χ1n) is 9.32. The van der Waals surface area contributed by atoms with E-state index in [4.69, 9.17) is 9.47 Å². The summed E-state index contributed by atoms with van der Waals surface area (Å²) in [7, 11) is 2.99. The van der Waals surface area contributed by atoms with Crippen molar-refractivity contribution in [2.75, 3.05) is 40.4 Å². The molecule has 0 atom stereocenters. The number of carbonyl (C=O) groups is 1. The van der Waals surface area contributed by atoms with E-state index in [1.54, 1.807) is 12.1 Å². The van der Waals surface area contributed by atoms with Crippen molar-refractivity contribution in [3.8, 4) is 27.8 Å². The van der Waals surface area contributed by atoms with Gasteiger partial charge in [-0.25, -0.2) is 4.98 Å². The van der Waals surface area contributed by atoms with Crippen LogP contribution in [-0.4, -0.2) is 72.2 Å². The Kier molecular flexibility index (Phi) is 6.10. The molecule has 2 heterocycles.